The topological polar surface area (TPSA) is 46.5 Å². The maximum absolute atomic E-state index is 12.6. The van der Waals surface area contributed by atoms with Gasteiger partial charge in [-0.15, -0.1) is 0 Å². The predicted octanol–water partition coefficient (Wildman–Crippen LogP) is 4.20. The molecule has 0 radical (unpaired) electrons. The molecule has 0 aromatic heterocycles. The highest BCUT2D eigenvalue weighted by molar-refractivity contribution is 5.92. The molecular weight excluding hydrogens is 309 g/mol. The third-order valence-corrected chi connectivity index (χ3v) is 3.23. The Morgan fingerprint density at radius 2 is 1.78 bits per heavy atom. The summed E-state index contributed by atoms with van der Waals surface area (Å²) in [4.78, 5) is 11.8. The average Bonchev–Trinajstić information content (AvgIpc) is 2.51. The molecule has 2 rings (SSSR count). The minimum Gasteiger partial charge on any atom is -0.507 e. The minimum absolute atomic E-state index is 0.0589. The molecule has 23 heavy (non-hydrogen) atoms. The van der Waals surface area contributed by atoms with Crippen LogP contribution in [0, 0.1) is 0 Å². The molecule has 2 aromatic rings. The second-order valence-electron chi connectivity index (χ2n) is 4.95. The van der Waals surface area contributed by atoms with E-state index in [9.17, 15) is 23.1 Å². The van der Waals surface area contributed by atoms with Crippen LogP contribution in [0.25, 0.3) is 0 Å². The van der Waals surface area contributed by atoms with Gasteiger partial charge in [-0.3, -0.25) is 0 Å². The van der Waals surface area contributed by atoms with Crippen molar-refractivity contribution in [3.8, 4) is 5.75 Å². The molecule has 0 heterocycles. The number of carbonyl (C=O) groups excluding carboxylic acids is 1. The van der Waals surface area contributed by atoms with Crippen LogP contribution in [0.1, 0.15) is 27.9 Å². The highest BCUT2D eigenvalue weighted by Gasteiger charge is 2.32. The van der Waals surface area contributed by atoms with Gasteiger partial charge in [-0.2, -0.15) is 13.2 Å². The fourth-order valence-electron chi connectivity index (χ4n) is 2.04. The lowest BCUT2D eigenvalue weighted by molar-refractivity contribution is -0.137. The van der Waals surface area contributed by atoms with E-state index in [1.54, 1.807) is 0 Å². The first kappa shape index (κ1) is 16.9. The van der Waals surface area contributed by atoms with Crippen LogP contribution in [-0.2, 0) is 17.3 Å². The molecule has 0 atom stereocenters. The molecular formula is C17H15F3O3. The molecule has 0 fully saturated rings. The largest absolute Gasteiger partial charge is 0.507 e. The summed E-state index contributed by atoms with van der Waals surface area (Å²) < 4.78 is 42.8. The Kier molecular flexibility index (Phi) is 5.26. The van der Waals surface area contributed by atoms with Crippen molar-refractivity contribution in [2.75, 3.05) is 6.61 Å². The fourth-order valence-corrected chi connectivity index (χ4v) is 2.04. The summed E-state index contributed by atoms with van der Waals surface area (Å²) in [6, 6.07) is 11.7. The van der Waals surface area contributed by atoms with Crippen molar-refractivity contribution in [3.05, 3.63) is 65.2 Å². The van der Waals surface area contributed by atoms with Gasteiger partial charge in [0.15, 0.2) is 0 Å². The second kappa shape index (κ2) is 7.17. The molecule has 0 amide bonds. The van der Waals surface area contributed by atoms with Crippen molar-refractivity contribution in [3.63, 3.8) is 0 Å². The van der Waals surface area contributed by atoms with Crippen LogP contribution in [0.5, 0.6) is 5.75 Å². The lowest BCUT2D eigenvalue weighted by Crippen LogP contribution is -2.11. The molecule has 1 N–H and O–H groups in total. The number of phenolic OH excluding ortho intramolecular Hbond substituents is 1. The van der Waals surface area contributed by atoms with Crippen molar-refractivity contribution in [1.29, 1.82) is 0 Å². The summed E-state index contributed by atoms with van der Waals surface area (Å²) in [7, 11) is 0. The Hall–Kier alpha value is -2.50. The number of rotatable bonds is 5. The van der Waals surface area contributed by atoms with Crippen molar-refractivity contribution in [2.24, 2.45) is 0 Å². The highest BCUT2D eigenvalue weighted by atomic mass is 19.4. The Labute approximate surface area is 131 Å². The SMILES string of the molecule is O=C(OCCCc1ccccc1)c1cc(C(F)(F)F)ccc1O. The van der Waals surface area contributed by atoms with Gasteiger partial charge in [0.25, 0.3) is 0 Å². The first-order chi connectivity index (χ1) is 10.9. The molecule has 3 nitrogen and oxygen atoms in total. The van der Waals surface area contributed by atoms with Gasteiger partial charge in [-0.25, -0.2) is 4.79 Å². The van der Waals surface area contributed by atoms with E-state index in [1.807, 2.05) is 30.3 Å². The molecule has 0 saturated carbocycles. The van der Waals surface area contributed by atoms with E-state index in [0.717, 1.165) is 11.6 Å². The van der Waals surface area contributed by atoms with Crippen molar-refractivity contribution >= 4 is 5.97 Å². The highest BCUT2D eigenvalue weighted by Crippen LogP contribution is 2.32. The number of hydrogen-bond acceptors (Lipinski definition) is 3. The normalized spacial score (nSPS) is 11.3. The molecule has 2 aromatic carbocycles. The second-order valence-corrected chi connectivity index (χ2v) is 4.95. The van der Waals surface area contributed by atoms with Crippen LogP contribution in [-0.4, -0.2) is 17.7 Å². The smallest absolute Gasteiger partial charge is 0.416 e. The molecule has 0 aliphatic heterocycles. The number of esters is 1. The average molecular weight is 324 g/mol. The summed E-state index contributed by atoms with van der Waals surface area (Å²) in [5.74, 6) is -1.51. The number of ether oxygens (including phenoxy) is 1. The van der Waals surface area contributed by atoms with E-state index >= 15 is 0 Å². The van der Waals surface area contributed by atoms with Gasteiger partial charge < -0.3 is 9.84 Å². The van der Waals surface area contributed by atoms with Crippen molar-refractivity contribution < 1.29 is 27.8 Å². The number of benzene rings is 2. The van der Waals surface area contributed by atoms with Gasteiger partial charge >= 0.3 is 12.1 Å². The quantitative estimate of drug-likeness (QED) is 0.662. The Balaban J connectivity index is 1.93. The number of carbonyl (C=O) groups is 1. The van der Waals surface area contributed by atoms with Gasteiger partial charge in [0, 0.05) is 0 Å². The number of alkyl halides is 3. The Morgan fingerprint density at radius 1 is 1.09 bits per heavy atom. The molecule has 6 heteroatoms. The summed E-state index contributed by atoms with van der Waals surface area (Å²) in [5, 5.41) is 9.54. The van der Waals surface area contributed by atoms with Crippen LogP contribution in [0.4, 0.5) is 13.2 Å². The molecule has 0 spiro atoms. The van der Waals surface area contributed by atoms with Crippen LogP contribution >= 0.6 is 0 Å². The monoisotopic (exact) mass is 324 g/mol. The van der Waals surface area contributed by atoms with E-state index in [2.05, 4.69) is 0 Å². The standard InChI is InChI=1S/C17H15F3O3/c18-17(19,20)13-8-9-15(21)14(11-13)16(22)23-10-4-7-12-5-2-1-3-6-12/h1-3,5-6,8-9,11,21H,4,7,10H2. The minimum atomic E-state index is -4.59. The zero-order valence-electron chi connectivity index (χ0n) is 12.1. The van der Waals surface area contributed by atoms with E-state index in [4.69, 9.17) is 4.74 Å². The zero-order chi connectivity index (χ0) is 16.9. The van der Waals surface area contributed by atoms with Gasteiger partial charge in [0.1, 0.15) is 11.3 Å². The number of hydrogen-bond donors (Lipinski definition) is 1. The van der Waals surface area contributed by atoms with Crippen molar-refractivity contribution in [1.82, 2.24) is 0 Å². The zero-order valence-corrected chi connectivity index (χ0v) is 12.1. The lowest BCUT2D eigenvalue weighted by Gasteiger charge is -2.10. The third kappa shape index (κ3) is 4.74. The van der Waals surface area contributed by atoms with Crippen LogP contribution in [0.15, 0.2) is 48.5 Å². The molecule has 0 saturated heterocycles. The van der Waals surface area contributed by atoms with Crippen LogP contribution in [0.2, 0.25) is 0 Å². The van der Waals surface area contributed by atoms with E-state index in [-0.39, 0.29) is 6.61 Å². The molecule has 0 aliphatic rings. The lowest BCUT2D eigenvalue weighted by atomic mass is 10.1. The van der Waals surface area contributed by atoms with Gasteiger partial charge in [-0.05, 0) is 36.6 Å². The number of phenols is 1. The fraction of sp³-hybridized carbons (Fsp3) is 0.235. The van der Waals surface area contributed by atoms with Gasteiger partial charge in [0.2, 0.25) is 0 Å². The Bertz CT molecular complexity index is 667. The molecule has 122 valence electrons. The van der Waals surface area contributed by atoms with E-state index in [0.29, 0.717) is 25.0 Å². The van der Waals surface area contributed by atoms with Crippen LogP contribution in [0.3, 0.4) is 0 Å². The van der Waals surface area contributed by atoms with E-state index < -0.39 is 29.0 Å². The third-order valence-electron chi connectivity index (χ3n) is 3.23. The van der Waals surface area contributed by atoms with Gasteiger partial charge in [-0.1, -0.05) is 30.3 Å². The predicted molar refractivity (Wildman–Crippen MR) is 78.2 cm³/mol. The summed E-state index contributed by atoms with van der Waals surface area (Å²) in [5.41, 5.74) is -0.420. The van der Waals surface area contributed by atoms with Gasteiger partial charge in [0.05, 0.1) is 12.2 Å². The maximum Gasteiger partial charge on any atom is 0.416 e. The molecule has 0 unspecified atom stereocenters. The first-order valence-electron chi connectivity index (χ1n) is 6.99. The summed E-state index contributed by atoms with van der Waals surface area (Å²) in [6.45, 7) is 0.0589. The number of halogens is 3. The van der Waals surface area contributed by atoms with Crippen molar-refractivity contribution in [2.45, 2.75) is 19.0 Å². The Morgan fingerprint density at radius 3 is 2.43 bits per heavy atom. The maximum atomic E-state index is 12.6. The summed E-state index contributed by atoms with van der Waals surface area (Å²) in [6.07, 6.45) is -3.37. The first-order valence-corrected chi connectivity index (χ1v) is 6.99. The number of aryl methyl sites for hydroxylation is 1. The molecule has 0 aliphatic carbocycles. The number of aromatic hydroxyl groups is 1. The molecule has 0 bridgehead atoms. The van der Waals surface area contributed by atoms with E-state index in [1.165, 1.54) is 0 Å². The summed E-state index contributed by atoms with van der Waals surface area (Å²) >= 11 is 0. The van der Waals surface area contributed by atoms with Crippen LogP contribution < -0.4 is 0 Å².